The number of hydrogen-bond donors (Lipinski definition) is 2. The third-order valence-corrected chi connectivity index (χ3v) is 3.70. The smallest absolute Gasteiger partial charge is 0.193 e. The van der Waals surface area contributed by atoms with Crippen molar-refractivity contribution in [1.29, 1.82) is 0 Å². The molecule has 0 spiro atoms. The van der Waals surface area contributed by atoms with Crippen LogP contribution in [0.15, 0.2) is 65.8 Å². The van der Waals surface area contributed by atoms with Crippen LogP contribution in [0.25, 0.3) is 5.69 Å². The summed E-state index contributed by atoms with van der Waals surface area (Å²) < 4.78 is 1.86. The van der Waals surface area contributed by atoms with E-state index in [2.05, 4.69) is 22.3 Å². The zero-order chi connectivity index (χ0) is 16.9. The van der Waals surface area contributed by atoms with E-state index < -0.39 is 0 Å². The van der Waals surface area contributed by atoms with Crippen LogP contribution in [-0.4, -0.2) is 15.7 Å². The van der Waals surface area contributed by atoms with Crippen LogP contribution in [0.5, 0.6) is 0 Å². The summed E-state index contributed by atoms with van der Waals surface area (Å²) in [6, 6.07) is 18.1. The summed E-state index contributed by atoms with van der Waals surface area (Å²) >= 11 is 0. The normalized spacial score (nSPS) is 11.5. The summed E-state index contributed by atoms with van der Waals surface area (Å²) in [4.78, 5) is 4.45. The number of nitrogens with zero attached hydrogens (tertiary/aromatic N) is 3. The van der Waals surface area contributed by atoms with Crippen molar-refractivity contribution in [2.75, 3.05) is 5.32 Å². The maximum absolute atomic E-state index is 6.00. The monoisotopic (exact) mass is 319 g/mol. The van der Waals surface area contributed by atoms with E-state index in [1.165, 1.54) is 5.56 Å². The number of benzene rings is 2. The number of nitrogens with one attached hydrogen (secondary N) is 1. The SMILES string of the molecule is Cc1ccc(NC(N)=NCc2ccccc2-n2ccc(C)n2)cc1. The predicted molar refractivity (Wildman–Crippen MR) is 98.4 cm³/mol. The maximum Gasteiger partial charge on any atom is 0.193 e. The van der Waals surface area contributed by atoms with E-state index in [4.69, 9.17) is 5.73 Å². The number of aryl methyl sites for hydroxylation is 2. The van der Waals surface area contributed by atoms with Gasteiger partial charge in [-0.05, 0) is 43.7 Å². The van der Waals surface area contributed by atoms with Crippen molar-refractivity contribution >= 4 is 11.6 Å². The minimum atomic E-state index is 0.394. The van der Waals surface area contributed by atoms with Crippen molar-refractivity contribution in [2.45, 2.75) is 20.4 Å². The van der Waals surface area contributed by atoms with Gasteiger partial charge in [0.2, 0.25) is 0 Å². The molecule has 0 radical (unpaired) electrons. The molecule has 5 heteroatoms. The molecule has 3 rings (SSSR count). The van der Waals surface area contributed by atoms with Gasteiger partial charge in [-0.2, -0.15) is 5.10 Å². The topological polar surface area (TPSA) is 68.2 Å². The van der Waals surface area contributed by atoms with Crippen molar-refractivity contribution in [2.24, 2.45) is 10.7 Å². The van der Waals surface area contributed by atoms with Crippen LogP contribution in [0.4, 0.5) is 5.69 Å². The van der Waals surface area contributed by atoms with E-state index in [1.807, 2.05) is 72.4 Å². The number of guanidine groups is 1. The molecule has 2 aromatic carbocycles. The lowest BCUT2D eigenvalue weighted by molar-refractivity contribution is 0.844. The Labute approximate surface area is 141 Å². The highest BCUT2D eigenvalue weighted by atomic mass is 15.3. The molecular weight excluding hydrogens is 298 g/mol. The Balaban J connectivity index is 1.75. The van der Waals surface area contributed by atoms with Gasteiger partial charge in [-0.15, -0.1) is 0 Å². The first-order chi connectivity index (χ1) is 11.6. The Hall–Kier alpha value is -3.08. The molecule has 1 aromatic heterocycles. The predicted octanol–water partition coefficient (Wildman–Crippen LogP) is 3.42. The molecule has 0 saturated heterocycles. The van der Waals surface area contributed by atoms with Crippen molar-refractivity contribution < 1.29 is 0 Å². The van der Waals surface area contributed by atoms with Crippen LogP contribution >= 0.6 is 0 Å². The van der Waals surface area contributed by atoms with Gasteiger partial charge < -0.3 is 11.1 Å². The van der Waals surface area contributed by atoms with Crippen LogP contribution in [-0.2, 0) is 6.54 Å². The lowest BCUT2D eigenvalue weighted by Crippen LogP contribution is -2.22. The average Bonchev–Trinajstić information content (AvgIpc) is 3.02. The number of nitrogens with two attached hydrogens (primary N) is 1. The first-order valence-electron chi connectivity index (χ1n) is 7.86. The first-order valence-corrected chi connectivity index (χ1v) is 7.86. The van der Waals surface area contributed by atoms with Gasteiger partial charge in [0.1, 0.15) is 0 Å². The van der Waals surface area contributed by atoms with E-state index in [1.54, 1.807) is 0 Å². The molecular formula is C19H21N5. The highest BCUT2D eigenvalue weighted by Gasteiger charge is 2.05. The Morgan fingerprint density at radius 3 is 2.54 bits per heavy atom. The van der Waals surface area contributed by atoms with Gasteiger partial charge in [0.15, 0.2) is 5.96 Å². The molecule has 0 fully saturated rings. The Morgan fingerprint density at radius 2 is 1.83 bits per heavy atom. The second kappa shape index (κ2) is 7.00. The molecule has 0 atom stereocenters. The summed E-state index contributed by atoms with van der Waals surface area (Å²) in [5.74, 6) is 0.394. The molecule has 3 N–H and O–H groups in total. The lowest BCUT2D eigenvalue weighted by atomic mass is 10.2. The fourth-order valence-corrected chi connectivity index (χ4v) is 2.41. The van der Waals surface area contributed by atoms with Gasteiger partial charge in [-0.1, -0.05) is 35.9 Å². The third kappa shape index (κ3) is 3.81. The molecule has 0 aliphatic heterocycles. The van der Waals surface area contributed by atoms with Crippen LogP contribution in [0.1, 0.15) is 16.8 Å². The Bertz CT molecular complexity index is 846. The van der Waals surface area contributed by atoms with Crippen molar-refractivity contribution in [3.05, 3.63) is 77.6 Å². The number of hydrogen-bond acceptors (Lipinski definition) is 2. The highest BCUT2D eigenvalue weighted by molar-refractivity contribution is 5.92. The molecule has 0 unspecified atom stereocenters. The van der Waals surface area contributed by atoms with Crippen LogP contribution in [0.2, 0.25) is 0 Å². The number of rotatable bonds is 4. The van der Waals surface area contributed by atoms with Crippen molar-refractivity contribution in [3.63, 3.8) is 0 Å². The summed E-state index contributed by atoms with van der Waals surface area (Å²) in [6.07, 6.45) is 1.95. The lowest BCUT2D eigenvalue weighted by Gasteiger charge is -2.09. The van der Waals surface area contributed by atoms with Gasteiger partial charge >= 0.3 is 0 Å². The molecule has 0 amide bonds. The molecule has 1 heterocycles. The molecule has 0 bridgehead atoms. The number of aromatic nitrogens is 2. The third-order valence-electron chi connectivity index (χ3n) is 3.70. The maximum atomic E-state index is 6.00. The van der Waals surface area contributed by atoms with Crippen LogP contribution < -0.4 is 11.1 Å². The molecule has 5 nitrogen and oxygen atoms in total. The number of para-hydroxylation sites is 1. The second-order valence-corrected chi connectivity index (χ2v) is 5.72. The minimum absolute atomic E-state index is 0.394. The van der Waals surface area contributed by atoms with Crippen molar-refractivity contribution in [3.8, 4) is 5.69 Å². The zero-order valence-electron chi connectivity index (χ0n) is 13.9. The summed E-state index contributed by atoms with van der Waals surface area (Å²) in [6.45, 7) is 4.51. The molecule has 0 saturated carbocycles. The number of anilines is 1. The Kier molecular flexibility index (Phi) is 4.61. The molecule has 24 heavy (non-hydrogen) atoms. The molecule has 122 valence electrons. The quantitative estimate of drug-likeness (QED) is 0.572. The average molecular weight is 319 g/mol. The molecule has 0 aliphatic rings. The minimum Gasteiger partial charge on any atom is -0.370 e. The zero-order valence-corrected chi connectivity index (χ0v) is 13.9. The fourth-order valence-electron chi connectivity index (χ4n) is 2.41. The van der Waals surface area contributed by atoms with Crippen molar-refractivity contribution in [1.82, 2.24) is 9.78 Å². The van der Waals surface area contributed by atoms with Gasteiger partial charge in [0, 0.05) is 11.9 Å². The van der Waals surface area contributed by atoms with Gasteiger partial charge in [-0.25, -0.2) is 9.67 Å². The summed E-state index contributed by atoms with van der Waals surface area (Å²) in [5.41, 5.74) is 11.2. The molecule has 3 aromatic rings. The van der Waals surface area contributed by atoms with E-state index in [-0.39, 0.29) is 0 Å². The highest BCUT2D eigenvalue weighted by Crippen LogP contribution is 2.15. The molecule has 0 aliphatic carbocycles. The van der Waals surface area contributed by atoms with E-state index in [0.717, 1.165) is 22.6 Å². The van der Waals surface area contributed by atoms with Gasteiger partial charge in [-0.3, -0.25) is 0 Å². The van der Waals surface area contributed by atoms with E-state index >= 15 is 0 Å². The second-order valence-electron chi connectivity index (χ2n) is 5.72. The largest absolute Gasteiger partial charge is 0.370 e. The summed E-state index contributed by atoms with van der Waals surface area (Å²) in [7, 11) is 0. The first kappa shape index (κ1) is 15.8. The van der Waals surface area contributed by atoms with E-state index in [9.17, 15) is 0 Å². The summed E-state index contributed by atoms with van der Waals surface area (Å²) in [5, 5.41) is 7.57. The Morgan fingerprint density at radius 1 is 1.08 bits per heavy atom. The van der Waals surface area contributed by atoms with Gasteiger partial charge in [0.25, 0.3) is 0 Å². The van der Waals surface area contributed by atoms with Crippen LogP contribution in [0.3, 0.4) is 0 Å². The standard InChI is InChI=1S/C19H21N5/c1-14-7-9-17(10-8-14)22-19(20)21-13-16-5-3-4-6-18(16)24-12-11-15(2)23-24/h3-12H,13H2,1-2H3,(H3,20,21,22). The number of aliphatic imine (C=N–C) groups is 1. The van der Waals surface area contributed by atoms with Crippen LogP contribution in [0, 0.1) is 13.8 Å². The van der Waals surface area contributed by atoms with Gasteiger partial charge in [0.05, 0.1) is 17.9 Å². The fraction of sp³-hybridized carbons (Fsp3) is 0.158. The van der Waals surface area contributed by atoms with E-state index in [0.29, 0.717) is 12.5 Å².